The number of rotatable bonds is 6. The molecule has 1 heterocycles. The van der Waals surface area contributed by atoms with E-state index in [2.05, 4.69) is 54.0 Å². The molecule has 148 valence electrons. The topological polar surface area (TPSA) is 61.1 Å². The number of para-hydroxylation sites is 1. The van der Waals surface area contributed by atoms with Crippen LogP contribution in [-0.2, 0) is 11.3 Å². The fourth-order valence-corrected chi connectivity index (χ4v) is 4.03. The molecule has 28 heavy (non-hydrogen) atoms. The van der Waals surface area contributed by atoms with Gasteiger partial charge in [0.15, 0.2) is 0 Å². The molecule has 1 aliphatic carbocycles. The van der Waals surface area contributed by atoms with Crippen molar-refractivity contribution < 1.29 is 4.79 Å². The average molecular weight is 379 g/mol. The van der Waals surface area contributed by atoms with Crippen LogP contribution < -0.4 is 5.32 Å². The Bertz CT molecular complexity index is 911. The van der Waals surface area contributed by atoms with Gasteiger partial charge in [0, 0.05) is 41.3 Å². The lowest BCUT2D eigenvalue weighted by molar-refractivity contribution is -0.117. The van der Waals surface area contributed by atoms with E-state index < -0.39 is 0 Å². The van der Waals surface area contributed by atoms with Gasteiger partial charge in [-0.3, -0.25) is 4.79 Å². The summed E-state index contributed by atoms with van der Waals surface area (Å²) < 4.78 is 2.27. The minimum Gasteiger partial charge on any atom is -0.349 e. The fourth-order valence-electron chi connectivity index (χ4n) is 4.03. The normalized spacial score (nSPS) is 15.8. The van der Waals surface area contributed by atoms with Gasteiger partial charge >= 0.3 is 0 Å². The predicted octanol–water partition coefficient (Wildman–Crippen LogP) is 3.87. The maximum Gasteiger partial charge on any atom is 0.262 e. The highest BCUT2D eigenvalue weighted by molar-refractivity contribution is 6.04. The third-order valence-corrected chi connectivity index (χ3v) is 5.64. The molecule has 3 rings (SSSR count). The molecule has 1 aliphatic rings. The standard InChI is InChI=1S/C23H30N4O/c1-17-21(15-18(16-24)23(28)25-19-9-5-4-6-10-19)20-11-7-8-12-22(20)27(17)14-13-26(2)3/h7-8,11-12,15,19H,4-6,9-10,13-14H2,1-3H3,(H,25,28)/b18-15+. The Morgan fingerprint density at radius 2 is 2.00 bits per heavy atom. The second kappa shape index (κ2) is 9.07. The SMILES string of the molecule is Cc1c(/C=C(\C#N)C(=O)NC2CCCCC2)c2ccccc2n1CCN(C)C. The van der Waals surface area contributed by atoms with Crippen molar-refractivity contribution in [1.82, 2.24) is 14.8 Å². The highest BCUT2D eigenvalue weighted by atomic mass is 16.1. The van der Waals surface area contributed by atoms with Crippen molar-refractivity contribution in [3.63, 3.8) is 0 Å². The minimum atomic E-state index is -0.251. The second-order valence-electron chi connectivity index (χ2n) is 7.95. The molecule has 1 aromatic heterocycles. The van der Waals surface area contributed by atoms with E-state index in [9.17, 15) is 10.1 Å². The Hall–Kier alpha value is -2.58. The minimum absolute atomic E-state index is 0.184. The van der Waals surface area contributed by atoms with Crippen LogP contribution in [0.1, 0.15) is 43.4 Å². The van der Waals surface area contributed by atoms with Gasteiger partial charge in [-0.05, 0) is 46.0 Å². The van der Waals surface area contributed by atoms with E-state index in [-0.39, 0.29) is 17.5 Å². The predicted molar refractivity (Wildman–Crippen MR) is 114 cm³/mol. The summed E-state index contributed by atoms with van der Waals surface area (Å²) in [5.41, 5.74) is 3.37. The van der Waals surface area contributed by atoms with Gasteiger partial charge in [0.1, 0.15) is 11.6 Å². The zero-order valence-electron chi connectivity index (χ0n) is 17.2. The Balaban J connectivity index is 1.93. The van der Waals surface area contributed by atoms with Gasteiger partial charge in [-0.2, -0.15) is 5.26 Å². The van der Waals surface area contributed by atoms with Crippen molar-refractivity contribution in [3.05, 3.63) is 41.1 Å². The first-order chi connectivity index (χ1) is 13.5. The molecule has 0 unspecified atom stereocenters. The first-order valence-electron chi connectivity index (χ1n) is 10.2. The molecule has 1 amide bonds. The summed E-state index contributed by atoms with van der Waals surface area (Å²) in [5.74, 6) is -0.251. The van der Waals surface area contributed by atoms with Crippen LogP contribution in [0.5, 0.6) is 0 Å². The molecule has 1 N–H and O–H groups in total. The average Bonchev–Trinajstić information content (AvgIpc) is 2.96. The maximum absolute atomic E-state index is 12.7. The van der Waals surface area contributed by atoms with Gasteiger partial charge in [-0.15, -0.1) is 0 Å². The monoisotopic (exact) mass is 378 g/mol. The van der Waals surface area contributed by atoms with E-state index in [0.717, 1.165) is 60.9 Å². The van der Waals surface area contributed by atoms with Gasteiger partial charge in [0.2, 0.25) is 0 Å². The van der Waals surface area contributed by atoms with Gasteiger partial charge in [-0.1, -0.05) is 37.5 Å². The summed E-state index contributed by atoms with van der Waals surface area (Å²) in [6, 6.07) is 10.5. The summed E-state index contributed by atoms with van der Waals surface area (Å²) >= 11 is 0. The number of likely N-dealkylation sites (N-methyl/N-ethyl adjacent to an activating group) is 1. The van der Waals surface area contributed by atoms with E-state index in [1.54, 1.807) is 6.08 Å². The molecule has 1 fully saturated rings. The zero-order valence-corrected chi connectivity index (χ0v) is 17.2. The van der Waals surface area contributed by atoms with E-state index in [0.29, 0.717) is 0 Å². The van der Waals surface area contributed by atoms with E-state index >= 15 is 0 Å². The summed E-state index contributed by atoms with van der Waals surface area (Å²) in [5, 5.41) is 13.8. The molecule has 0 radical (unpaired) electrons. The number of benzene rings is 1. The number of hydrogen-bond donors (Lipinski definition) is 1. The third kappa shape index (κ3) is 4.45. The number of carbonyl (C=O) groups is 1. The lowest BCUT2D eigenvalue weighted by atomic mass is 9.95. The third-order valence-electron chi connectivity index (χ3n) is 5.64. The Kier molecular flexibility index (Phi) is 6.53. The summed E-state index contributed by atoms with van der Waals surface area (Å²) in [6.07, 6.45) is 7.31. The van der Waals surface area contributed by atoms with Crippen molar-refractivity contribution in [2.24, 2.45) is 0 Å². The van der Waals surface area contributed by atoms with Crippen LogP contribution in [0, 0.1) is 18.3 Å². The lowest BCUT2D eigenvalue weighted by Crippen LogP contribution is -2.36. The van der Waals surface area contributed by atoms with E-state index in [1.807, 2.05) is 12.1 Å². The summed E-state index contributed by atoms with van der Waals surface area (Å²) in [4.78, 5) is 14.9. The first-order valence-corrected chi connectivity index (χ1v) is 10.2. The quantitative estimate of drug-likeness (QED) is 0.613. The van der Waals surface area contributed by atoms with Crippen LogP contribution >= 0.6 is 0 Å². The zero-order chi connectivity index (χ0) is 20.1. The van der Waals surface area contributed by atoms with Crippen LogP contribution in [0.25, 0.3) is 17.0 Å². The van der Waals surface area contributed by atoms with Crippen molar-refractivity contribution in [1.29, 1.82) is 5.26 Å². The van der Waals surface area contributed by atoms with Crippen molar-refractivity contribution in [3.8, 4) is 6.07 Å². The number of fused-ring (bicyclic) bond motifs is 1. The molecule has 5 nitrogen and oxygen atoms in total. The van der Waals surface area contributed by atoms with Gasteiger partial charge in [-0.25, -0.2) is 0 Å². The number of nitriles is 1. The molecule has 0 saturated heterocycles. The molecule has 0 atom stereocenters. The number of nitrogens with zero attached hydrogens (tertiary/aromatic N) is 3. The summed E-state index contributed by atoms with van der Waals surface area (Å²) in [7, 11) is 4.12. The number of aromatic nitrogens is 1. The van der Waals surface area contributed by atoms with Crippen LogP contribution in [0.3, 0.4) is 0 Å². The van der Waals surface area contributed by atoms with Crippen LogP contribution in [0.2, 0.25) is 0 Å². The summed E-state index contributed by atoms with van der Waals surface area (Å²) in [6.45, 7) is 3.86. The number of amides is 1. The molecule has 1 saturated carbocycles. The molecule has 5 heteroatoms. The van der Waals surface area contributed by atoms with Gasteiger partial charge in [0.05, 0.1) is 0 Å². The lowest BCUT2D eigenvalue weighted by Gasteiger charge is -2.22. The maximum atomic E-state index is 12.7. The number of hydrogen-bond acceptors (Lipinski definition) is 3. The molecular formula is C23H30N4O. The molecule has 0 aliphatic heterocycles. The smallest absolute Gasteiger partial charge is 0.262 e. The number of nitrogens with one attached hydrogen (secondary N) is 1. The Labute approximate surface area is 167 Å². The van der Waals surface area contributed by atoms with E-state index in [1.165, 1.54) is 6.42 Å². The fraction of sp³-hybridized carbons (Fsp3) is 0.478. The highest BCUT2D eigenvalue weighted by Gasteiger charge is 2.20. The van der Waals surface area contributed by atoms with Gasteiger partial charge < -0.3 is 14.8 Å². The van der Waals surface area contributed by atoms with Crippen LogP contribution in [0.4, 0.5) is 0 Å². The second-order valence-corrected chi connectivity index (χ2v) is 7.95. The van der Waals surface area contributed by atoms with Crippen molar-refractivity contribution in [2.75, 3.05) is 20.6 Å². The molecule has 2 aromatic rings. The molecular weight excluding hydrogens is 348 g/mol. The Morgan fingerprint density at radius 1 is 1.29 bits per heavy atom. The Morgan fingerprint density at radius 3 is 2.68 bits per heavy atom. The van der Waals surface area contributed by atoms with Crippen LogP contribution in [-0.4, -0.2) is 42.1 Å². The first kappa shape index (κ1) is 20.2. The van der Waals surface area contributed by atoms with Crippen molar-refractivity contribution >= 4 is 22.9 Å². The van der Waals surface area contributed by atoms with Gasteiger partial charge in [0.25, 0.3) is 5.91 Å². The van der Waals surface area contributed by atoms with E-state index in [4.69, 9.17) is 0 Å². The molecule has 0 spiro atoms. The number of carbonyl (C=O) groups excluding carboxylic acids is 1. The van der Waals surface area contributed by atoms with Crippen molar-refractivity contribution in [2.45, 2.75) is 51.6 Å². The molecule has 0 bridgehead atoms. The van der Waals surface area contributed by atoms with Crippen LogP contribution in [0.15, 0.2) is 29.8 Å². The molecule has 1 aromatic carbocycles. The largest absolute Gasteiger partial charge is 0.349 e. The highest BCUT2D eigenvalue weighted by Crippen LogP contribution is 2.28.